The average molecular weight is 358 g/mol. The monoisotopic (exact) mass is 358 g/mol. The highest BCUT2D eigenvalue weighted by atomic mass is 19.1. The van der Waals surface area contributed by atoms with Crippen molar-refractivity contribution >= 4 is 5.91 Å². The van der Waals surface area contributed by atoms with Crippen molar-refractivity contribution < 1.29 is 19.0 Å². The first-order valence-electron chi connectivity index (χ1n) is 8.58. The van der Waals surface area contributed by atoms with Gasteiger partial charge in [-0.15, -0.1) is 0 Å². The van der Waals surface area contributed by atoms with Crippen LogP contribution in [0.25, 0.3) is 0 Å². The van der Waals surface area contributed by atoms with Crippen LogP contribution in [0.4, 0.5) is 4.39 Å². The molecular weight excluding hydrogens is 335 g/mol. The van der Waals surface area contributed by atoms with Gasteiger partial charge in [0.25, 0.3) is 5.91 Å². The van der Waals surface area contributed by atoms with Crippen molar-refractivity contribution in [1.82, 2.24) is 10.2 Å². The number of nitrogens with one attached hydrogen (secondary N) is 1. The van der Waals surface area contributed by atoms with Gasteiger partial charge in [-0.05, 0) is 44.4 Å². The first kappa shape index (κ1) is 18.4. The molecule has 138 valence electrons. The lowest BCUT2D eigenvalue weighted by molar-refractivity contribution is 0.0210. The van der Waals surface area contributed by atoms with Crippen molar-refractivity contribution in [3.63, 3.8) is 0 Å². The lowest BCUT2D eigenvalue weighted by atomic mass is 10.1. The Balaban J connectivity index is 1.73. The van der Waals surface area contributed by atoms with E-state index in [9.17, 15) is 14.3 Å². The third-order valence-corrected chi connectivity index (χ3v) is 4.66. The molecular formula is C20H23FN2O3. The van der Waals surface area contributed by atoms with Crippen molar-refractivity contribution in [1.29, 1.82) is 0 Å². The van der Waals surface area contributed by atoms with E-state index in [0.29, 0.717) is 12.2 Å². The summed E-state index contributed by atoms with van der Waals surface area (Å²) in [5.41, 5.74) is 0.254. The quantitative estimate of drug-likeness (QED) is 0.859. The number of likely N-dealkylation sites (N-methyl/N-ethyl adjacent to an activating group) is 1. The van der Waals surface area contributed by atoms with Crippen LogP contribution in [0.2, 0.25) is 0 Å². The van der Waals surface area contributed by atoms with Crippen LogP contribution in [0.5, 0.6) is 5.75 Å². The number of rotatable bonds is 5. The molecule has 1 aliphatic carbocycles. The maximum atomic E-state index is 13.4. The van der Waals surface area contributed by atoms with Gasteiger partial charge in [-0.2, -0.15) is 0 Å². The molecule has 2 aromatic rings. The fraction of sp³-hybridized carbons (Fsp3) is 0.350. The zero-order valence-electron chi connectivity index (χ0n) is 14.8. The Morgan fingerprint density at radius 1 is 1.19 bits per heavy atom. The first-order valence-corrected chi connectivity index (χ1v) is 8.58. The standard InChI is InChI=1S/C20H23FN2O3/c1-23(2)18-16(22-20(25)13-7-6-8-14(21)11-13)12-17(19(18)24)26-15-9-4-3-5-10-15/h3-11,16-19,24H,12H2,1-2H3,(H,22,25)/t16-,17-,18+,19+/m1/s1. The number of halogens is 1. The minimum absolute atomic E-state index is 0.254. The van der Waals surface area contributed by atoms with Crippen molar-refractivity contribution in [3.8, 4) is 5.75 Å². The number of hydrogen-bond donors (Lipinski definition) is 2. The summed E-state index contributed by atoms with van der Waals surface area (Å²) in [5, 5.41) is 13.6. The van der Waals surface area contributed by atoms with Gasteiger partial charge < -0.3 is 20.1 Å². The van der Waals surface area contributed by atoms with Crippen LogP contribution in [0, 0.1) is 5.82 Å². The van der Waals surface area contributed by atoms with Crippen LogP contribution < -0.4 is 10.1 Å². The van der Waals surface area contributed by atoms with Crippen LogP contribution >= 0.6 is 0 Å². The van der Waals surface area contributed by atoms with E-state index >= 15 is 0 Å². The molecule has 2 aromatic carbocycles. The molecule has 0 radical (unpaired) electrons. The molecule has 1 fully saturated rings. The van der Waals surface area contributed by atoms with Crippen molar-refractivity contribution in [2.45, 2.75) is 30.7 Å². The van der Waals surface area contributed by atoms with Crippen molar-refractivity contribution in [2.24, 2.45) is 0 Å². The molecule has 5 nitrogen and oxygen atoms in total. The molecule has 6 heteroatoms. The number of hydrogen-bond acceptors (Lipinski definition) is 4. The molecule has 2 N–H and O–H groups in total. The molecule has 1 amide bonds. The number of ether oxygens (including phenoxy) is 1. The average Bonchev–Trinajstić information content (AvgIpc) is 2.91. The van der Waals surface area contributed by atoms with Crippen LogP contribution in [0.15, 0.2) is 54.6 Å². The molecule has 0 unspecified atom stereocenters. The highest BCUT2D eigenvalue weighted by molar-refractivity contribution is 5.94. The van der Waals surface area contributed by atoms with Gasteiger partial charge in [0.05, 0.1) is 12.1 Å². The van der Waals surface area contributed by atoms with Gasteiger partial charge in [-0.25, -0.2) is 4.39 Å². The summed E-state index contributed by atoms with van der Waals surface area (Å²) in [5.74, 6) is -0.154. The Labute approximate surface area is 152 Å². The van der Waals surface area contributed by atoms with E-state index in [-0.39, 0.29) is 23.6 Å². The Morgan fingerprint density at radius 2 is 1.92 bits per heavy atom. The summed E-state index contributed by atoms with van der Waals surface area (Å²) in [6.45, 7) is 0. The van der Waals surface area contributed by atoms with Crippen LogP contribution in [-0.4, -0.2) is 54.3 Å². The Hall–Kier alpha value is -2.44. The lowest BCUT2D eigenvalue weighted by Gasteiger charge is -2.29. The van der Waals surface area contributed by atoms with Gasteiger partial charge in [0, 0.05) is 12.0 Å². The van der Waals surface area contributed by atoms with Crippen LogP contribution in [-0.2, 0) is 0 Å². The molecule has 4 atom stereocenters. The van der Waals surface area contributed by atoms with Gasteiger partial charge >= 0.3 is 0 Å². The Bertz CT molecular complexity index is 754. The van der Waals surface area contributed by atoms with Gasteiger partial charge in [-0.3, -0.25) is 4.79 Å². The topological polar surface area (TPSA) is 61.8 Å². The number of aliphatic hydroxyl groups is 1. The molecule has 0 aliphatic heterocycles. The van der Waals surface area contributed by atoms with Crippen molar-refractivity contribution in [3.05, 3.63) is 66.0 Å². The van der Waals surface area contributed by atoms with Crippen LogP contribution in [0.1, 0.15) is 16.8 Å². The Morgan fingerprint density at radius 3 is 2.58 bits per heavy atom. The van der Waals surface area contributed by atoms with Gasteiger partial charge in [0.15, 0.2) is 0 Å². The molecule has 26 heavy (non-hydrogen) atoms. The van der Waals surface area contributed by atoms with E-state index in [2.05, 4.69) is 5.32 Å². The number of para-hydroxylation sites is 1. The largest absolute Gasteiger partial charge is 0.488 e. The zero-order chi connectivity index (χ0) is 18.7. The lowest BCUT2D eigenvalue weighted by Crippen LogP contribution is -2.50. The summed E-state index contributed by atoms with van der Waals surface area (Å²) in [6.07, 6.45) is -0.745. The number of benzene rings is 2. The predicted octanol–water partition coefficient (Wildman–Crippen LogP) is 2.07. The molecule has 0 heterocycles. The SMILES string of the molecule is CN(C)[C@@H]1[C@@H](O)[C@H](Oc2ccccc2)C[C@H]1NC(=O)c1cccc(F)c1. The van der Waals surface area contributed by atoms with Gasteiger partial charge in [0.2, 0.25) is 0 Å². The molecule has 0 saturated heterocycles. The van der Waals surface area contributed by atoms with E-state index in [1.54, 1.807) is 6.07 Å². The van der Waals surface area contributed by atoms with E-state index in [0.717, 1.165) is 0 Å². The van der Waals surface area contributed by atoms with Crippen LogP contribution in [0.3, 0.4) is 0 Å². The second-order valence-corrected chi connectivity index (χ2v) is 6.74. The predicted molar refractivity (Wildman–Crippen MR) is 96.6 cm³/mol. The third-order valence-electron chi connectivity index (χ3n) is 4.66. The fourth-order valence-corrected chi connectivity index (χ4v) is 3.47. The molecule has 1 saturated carbocycles. The number of carbonyl (C=O) groups is 1. The first-order chi connectivity index (χ1) is 12.5. The highest BCUT2D eigenvalue weighted by Crippen LogP contribution is 2.28. The molecule has 0 spiro atoms. The van der Waals surface area contributed by atoms with E-state index in [1.807, 2.05) is 49.3 Å². The minimum Gasteiger partial charge on any atom is -0.488 e. The zero-order valence-corrected chi connectivity index (χ0v) is 14.8. The summed E-state index contributed by atoms with van der Waals surface area (Å²) in [6, 6.07) is 14.2. The van der Waals surface area contributed by atoms with E-state index in [4.69, 9.17) is 4.74 Å². The minimum atomic E-state index is -0.761. The molecule has 1 aliphatic rings. The number of carbonyl (C=O) groups excluding carboxylic acids is 1. The number of aliphatic hydroxyl groups excluding tert-OH is 1. The van der Waals surface area contributed by atoms with Gasteiger partial charge in [0.1, 0.15) is 23.8 Å². The smallest absolute Gasteiger partial charge is 0.251 e. The number of nitrogens with zero attached hydrogens (tertiary/aromatic N) is 1. The second kappa shape index (κ2) is 7.85. The summed E-state index contributed by atoms with van der Waals surface area (Å²) in [7, 11) is 3.69. The summed E-state index contributed by atoms with van der Waals surface area (Å²) < 4.78 is 19.3. The van der Waals surface area contributed by atoms with E-state index < -0.39 is 18.0 Å². The maximum absolute atomic E-state index is 13.4. The fourth-order valence-electron chi connectivity index (χ4n) is 3.47. The summed E-state index contributed by atoms with van der Waals surface area (Å²) >= 11 is 0. The normalized spacial score (nSPS) is 25.3. The van der Waals surface area contributed by atoms with Crippen molar-refractivity contribution in [2.75, 3.05) is 14.1 Å². The van der Waals surface area contributed by atoms with Gasteiger partial charge in [-0.1, -0.05) is 24.3 Å². The molecule has 3 rings (SSSR count). The third kappa shape index (κ3) is 4.03. The summed E-state index contributed by atoms with van der Waals surface area (Å²) in [4.78, 5) is 14.3. The second-order valence-electron chi connectivity index (χ2n) is 6.74. The maximum Gasteiger partial charge on any atom is 0.251 e. The molecule has 0 bridgehead atoms. The number of amides is 1. The Kier molecular flexibility index (Phi) is 5.54. The highest BCUT2D eigenvalue weighted by Gasteiger charge is 2.45. The molecule has 0 aromatic heterocycles. The van der Waals surface area contributed by atoms with E-state index in [1.165, 1.54) is 18.2 Å².